The summed E-state index contributed by atoms with van der Waals surface area (Å²) in [5.41, 5.74) is 0.370. The largest absolute Gasteiger partial charge is 0.497 e. The third-order valence-corrected chi connectivity index (χ3v) is 5.26. The van der Waals surface area contributed by atoms with Gasteiger partial charge in [0.15, 0.2) is 5.69 Å². The minimum atomic E-state index is -0.555. The van der Waals surface area contributed by atoms with Gasteiger partial charge in [-0.25, -0.2) is 4.68 Å². The fourth-order valence-electron chi connectivity index (χ4n) is 3.55. The topological polar surface area (TPSA) is 108 Å². The van der Waals surface area contributed by atoms with E-state index in [-0.39, 0.29) is 23.1 Å². The van der Waals surface area contributed by atoms with E-state index >= 15 is 0 Å². The summed E-state index contributed by atoms with van der Waals surface area (Å²) in [7, 11) is 1.56. The molecule has 1 unspecified atom stereocenters. The van der Waals surface area contributed by atoms with Crippen LogP contribution in [0.2, 0.25) is 0 Å². The Morgan fingerprint density at radius 2 is 1.94 bits per heavy atom. The van der Waals surface area contributed by atoms with Crippen LogP contribution in [-0.4, -0.2) is 39.2 Å². The molecular weight excluding hydrogens is 412 g/mol. The van der Waals surface area contributed by atoms with E-state index in [1.54, 1.807) is 32.2 Å². The van der Waals surface area contributed by atoms with Gasteiger partial charge in [-0.15, -0.1) is 0 Å². The predicted molar refractivity (Wildman–Crippen MR) is 119 cm³/mol. The summed E-state index contributed by atoms with van der Waals surface area (Å²) in [6, 6.07) is 14.3. The maximum Gasteiger partial charge on any atom is 0.294 e. The number of amides is 1. The quantitative estimate of drug-likeness (QED) is 0.413. The van der Waals surface area contributed by atoms with E-state index in [2.05, 4.69) is 5.10 Å². The second-order valence-electron chi connectivity index (χ2n) is 7.20. The van der Waals surface area contributed by atoms with Crippen molar-refractivity contribution in [2.75, 3.05) is 13.7 Å². The van der Waals surface area contributed by atoms with E-state index < -0.39 is 16.3 Å². The first-order valence-electron chi connectivity index (χ1n) is 10.1. The van der Waals surface area contributed by atoms with Gasteiger partial charge < -0.3 is 9.64 Å². The number of nitro benzene ring substituents is 1. The highest BCUT2D eigenvalue weighted by molar-refractivity contribution is 5.92. The first-order chi connectivity index (χ1) is 15.3. The molecule has 0 saturated carbocycles. The molecule has 1 aromatic heterocycles. The molecule has 0 bridgehead atoms. The maximum atomic E-state index is 13.4. The summed E-state index contributed by atoms with van der Waals surface area (Å²) in [5.74, 6) is 0.102. The third kappa shape index (κ3) is 4.36. The molecule has 3 aromatic rings. The van der Waals surface area contributed by atoms with Crippen LogP contribution in [0.25, 0.3) is 5.69 Å². The Morgan fingerprint density at radius 3 is 2.59 bits per heavy atom. The van der Waals surface area contributed by atoms with Crippen LogP contribution in [0.4, 0.5) is 5.69 Å². The SMILES string of the molecule is CCN(C(=O)c1nn(-c2ccccc2[N+](=O)[O-])c(C)cc1=O)C(C)c1cccc(OC)c1. The standard InChI is InChI=1S/C23H24N4O5/c1-5-25(16(3)17-9-8-10-18(14-17)32-4)23(29)22-21(28)13-15(2)26(24-22)19-11-6-7-12-20(19)27(30)31/h6-14,16H,5H2,1-4H3. The average Bonchev–Trinajstić information content (AvgIpc) is 2.79. The molecule has 9 nitrogen and oxygen atoms in total. The highest BCUT2D eigenvalue weighted by Gasteiger charge is 2.26. The third-order valence-electron chi connectivity index (χ3n) is 5.26. The number of nitrogens with zero attached hydrogens (tertiary/aromatic N) is 4. The van der Waals surface area contributed by atoms with Crippen molar-refractivity contribution in [2.45, 2.75) is 26.8 Å². The van der Waals surface area contributed by atoms with Crippen LogP contribution in [0.3, 0.4) is 0 Å². The Morgan fingerprint density at radius 1 is 1.22 bits per heavy atom. The minimum Gasteiger partial charge on any atom is -0.497 e. The Kier molecular flexibility index (Phi) is 6.67. The molecule has 0 aliphatic heterocycles. The maximum absolute atomic E-state index is 13.4. The fourth-order valence-corrected chi connectivity index (χ4v) is 3.55. The zero-order valence-electron chi connectivity index (χ0n) is 18.3. The lowest BCUT2D eigenvalue weighted by atomic mass is 10.1. The van der Waals surface area contributed by atoms with Gasteiger partial charge in [-0.3, -0.25) is 19.7 Å². The van der Waals surface area contributed by atoms with Gasteiger partial charge in [-0.1, -0.05) is 24.3 Å². The van der Waals surface area contributed by atoms with E-state index in [9.17, 15) is 19.7 Å². The monoisotopic (exact) mass is 436 g/mol. The normalized spacial score (nSPS) is 11.6. The highest BCUT2D eigenvalue weighted by atomic mass is 16.6. The first kappa shape index (κ1) is 22.7. The summed E-state index contributed by atoms with van der Waals surface area (Å²) in [6.45, 7) is 5.60. The molecule has 9 heteroatoms. The highest BCUT2D eigenvalue weighted by Crippen LogP contribution is 2.26. The van der Waals surface area contributed by atoms with Crippen molar-refractivity contribution in [1.29, 1.82) is 0 Å². The van der Waals surface area contributed by atoms with Crippen LogP contribution >= 0.6 is 0 Å². The number of methoxy groups -OCH3 is 1. The van der Waals surface area contributed by atoms with Crippen molar-refractivity contribution < 1.29 is 14.5 Å². The molecule has 1 heterocycles. The summed E-state index contributed by atoms with van der Waals surface area (Å²) in [4.78, 5) is 38.5. The molecule has 0 radical (unpaired) electrons. The van der Waals surface area contributed by atoms with E-state index in [0.717, 1.165) is 5.56 Å². The zero-order valence-corrected chi connectivity index (χ0v) is 18.3. The minimum absolute atomic E-state index is 0.174. The predicted octanol–water partition coefficient (Wildman–Crippen LogP) is 3.68. The van der Waals surface area contributed by atoms with Gasteiger partial charge in [0.1, 0.15) is 11.4 Å². The van der Waals surface area contributed by atoms with Gasteiger partial charge >= 0.3 is 0 Å². The lowest BCUT2D eigenvalue weighted by molar-refractivity contribution is -0.384. The second-order valence-corrected chi connectivity index (χ2v) is 7.20. The van der Waals surface area contributed by atoms with Crippen LogP contribution < -0.4 is 10.2 Å². The number of para-hydroxylation sites is 2. The van der Waals surface area contributed by atoms with Gasteiger partial charge in [0.2, 0.25) is 5.43 Å². The molecule has 32 heavy (non-hydrogen) atoms. The number of benzene rings is 2. The molecule has 0 spiro atoms. The molecule has 0 fully saturated rings. The van der Waals surface area contributed by atoms with Gasteiger partial charge in [-0.2, -0.15) is 5.10 Å². The summed E-state index contributed by atoms with van der Waals surface area (Å²) >= 11 is 0. The molecule has 0 N–H and O–H groups in total. The van der Waals surface area contributed by atoms with Crippen molar-refractivity contribution in [1.82, 2.24) is 14.7 Å². The summed E-state index contributed by atoms with van der Waals surface area (Å²) in [6.07, 6.45) is 0. The molecule has 3 rings (SSSR count). The number of rotatable bonds is 7. The molecule has 2 aromatic carbocycles. The molecular formula is C23H24N4O5. The average molecular weight is 436 g/mol. The Balaban J connectivity index is 2.07. The lowest BCUT2D eigenvalue weighted by Crippen LogP contribution is -2.38. The van der Waals surface area contributed by atoms with Gasteiger partial charge in [0, 0.05) is 24.4 Å². The molecule has 0 aliphatic carbocycles. The number of carbonyl (C=O) groups excluding carboxylic acids is 1. The van der Waals surface area contributed by atoms with E-state index in [0.29, 0.717) is 18.0 Å². The van der Waals surface area contributed by atoms with E-state index in [1.807, 2.05) is 32.0 Å². The van der Waals surface area contributed by atoms with Gasteiger partial charge in [-0.05, 0) is 44.5 Å². The fraction of sp³-hybridized carbons (Fsp3) is 0.261. The molecule has 166 valence electrons. The van der Waals surface area contributed by atoms with Crippen molar-refractivity contribution in [3.8, 4) is 11.4 Å². The molecule has 0 aliphatic rings. The summed E-state index contributed by atoms with van der Waals surface area (Å²) < 4.78 is 6.53. The van der Waals surface area contributed by atoms with Crippen LogP contribution in [-0.2, 0) is 0 Å². The van der Waals surface area contributed by atoms with Gasteiger partial charge in [0.05, 0.1) is 18.1 Å². The van der Waals surface area contributed by atoms with Crippen molar-refractivity contribution >= 4 is 11.6 Å². The van der Waals surface area contributed by atoms with Crippen LogP contribution in [0, 0.1) is 17.0 Å². The molecule has 0 saturated heterocycles. The number of ether oxygens (including phenoxy) is 1. The number of hydrogen-bond donors (Lipinski definition) is 0. The Hall–Kier alpha value is -4.01. The second kappa shape index (κ2) is 9.42. The number of hydrogen-bond acceptors (Lipinski definition) is 6. The van der Waals surface area contributed by atoms with Crippen LogP contribution in [0.5, 0.6) is 5.75 Å². The molecule has 1 atom stereocenters. The van der Waals surface area contributed by atoms with Crippen molar-refractivity contribution in [3.05, 3.63) is 91.9 Å². The molecule has 1 amide bonds. The first-order valence-corrected chi connectivity index (χ1v) is 10.1. The van der Waals surface area contributed by atoms with Crippen molar-refractivity contribution in [3.63, 3.8) is 0 Å². The van der Waals surface area contributed by atoms with Crippen LogP contribution in [0.15, 0.2) is 59.4 Å². The van der Waals surface area contributed by atoms with Crippen molar-refractivity contribution in [2.24, 2.45) is 0 Å². The van der Waals surface area contributed by atoms with Gasteiger partial charge in [0.25, 0.3) is 11.6 Å². The van der Waals surface area contributed by atoms with E-state index in [1.165, 1.54) is 27.8 Å². The number of aryl methyl sites for hydroxylation is 1. The smallest absolute Gasteiger partial charge is 0.294 e. The van der Waals surface area contributed by atoms with Crippen LogP contribution in [0.1, 0.15) is 41.6 Å². The Labute approximate surface area is 185 Å². The zero-order chi connectivity index (χ0) is 23.4. The lowest BCUT2D eigenvalue weighted by Gasteiger charge is -2.28. The number of nitro groups is 1. The number of carbonyl (C=O) groups is 1. The summed E-state index contributed by atoms with van der Waals surface area (Å²) in [5, 5.41) is 15.7. The number of aromatic nitrogens is 2. The Bertz CT molecular complexity index is 1220. The van der Waals surface area contributed by atoms with E-state index in [4.69, 9.17) is 4.74 Å².